The molecule has 0 aromatic carbocycles. The normalized spacial score (nSPS) is 24.9. The topological polar surface area (TPSA) is 47.0 Å². The van der Waals surface area contributed by atoms with Gasteiger partial charge in [-0.2, -0.15) is 4.98 Å². The zero-order chi connectivity index (χ0) is 14.8. The number of aromatic nitrogens is 2. The monoisotopic (exact) mass is 287 g/mol. The van der Waals surface area contributed by atoms with Gasteiger partial charge >= 0.3 is 0 Å². The molecule has 2 atom stereocenters. The third-order valence-electron chi connectivity index (χ3n) is 4.65. The highest BCUT2D eigenvalue weighted by atomic mass is 16.5. The van der Waals surface area contributed by atoms with E-state index in [1.807, 2.05) is 14.0 Å². The van der Waals surface area contributed by atoms with Crippen molar-refractivity contribution < 1.29 is 4.74 Å². The summed E-state index contributed by atoms with van der Waals surface area (Å²) >= 11 is 0. The molecule has 1 aromatic rings. The van der Waals surface area contributed by atoms with Crippen LogP contribution in [0.4, 0.5) is 5.82 Å². The highest BCUT2D eigenvalue weighted by Gasteiger charge is 2.29. The van der Waals surface area contributed by atoms with Crippen molar-refractivity contribution in [2.75, 3.05) is 19.0 Å². The summed E-state index contributed by atoms with van der Waals surface area (Å²) in [5, 5.41) is 3.16. The summed E-state index contributed by atoms with van der Waals surface area (Å²) in [6.07, 6.45) is 9.23. The maximum absolute atomic E-state index is 6.08. The SMILES string of the molecule is CNc1nc(C2CC2)nc(OCC2CC=CCC2C)c1C. The minimum absolute atomic E-state index is 0.539. The lowest BCUT2D eigenvalue weighted by molar-refractivity contribution is 0.191. The van der Waals surface area contributed by atoms with E-state index in [9.17, 15) is 0 Å². The highest BCUT2D eigenvalue weighted by Crippen LogP contribution is 2.40. The third kappa shape index (κ3) is 3.20. The highest BCUT2D eigenvalue weighted by molar-refractivity contribution is 5.48. The number of nitrogens with zero attached hydrogens (tertiary/aromatic N) is 2. The maximum atomic E-state index is 6.08. The second-order valence-corrected chi connectivity index (χ2v) is 6.38. The molecule has 2 aliphatic rings. The Labute approximate surface area is 127 Å². The van der Waals surface area contributed by atoms with E-state index >= 15 is 0 Å². The quantitative estimate of drug-likeness (QED) is 0.839. The fraction of sp³-hybridized carbons (Fsp3) is 0.647. The van der Waals surface area contributed by atoms with Crippen LogP contribution in [0.1, 0.15) is 49.9 Å². The number of allylic oxidation sites excluding steroid dienone is 2. The third-order valence-corrected chi connectivity index (χ3v) is 4.65. The van der Waals surface area contributed by atoms with Gasteiger partial charge in [0, 0.05) is 13.0 Å². The summed E-state index contributed by atoms with van der Waals surface area (Å²) in [7, 11) is 1.91. The van der Waals surface area contributed by atoms with Crippen LogP contribution in [0.25, 0.3) is 0 Å². The second-order valence-electron chi connectivity index (χ2n) is 6.38. The van der Waals surface area contributed by atoms with Crippen molar-refractivity contribution in [1.82, 2.24) is 9.97 Å². The van der Waals surface area contributed by atoms with Gasteiger partial charge in [-0.3, -0.25) is 0 Å². The van der Waals surface area contributed by atoms with Crippen LogP contribution in [0.15, 0.2) is 12.2 Å². The number of anilines is 1. The van der Waals surface area contributed by atoms with E-state index in [1.165, 1.54) is 12.8 Å². The van der Waals surface area contributed by atoms with Crippen molar-refractivity contribution in [2.24, 2.45) is 11.8 Å². The van der Waals surface area contributed by atoms with Crippen molar-refractivity contribution in [2.45, 2.75) is 45.4 Å². The first kappa shape index (κ1) is 14.4. The molecule has 2 unspecified atom stereocenters. The number of ether oxygens (including phenoxy) is 1. The molecule has 0 spiro atoms. The lowest BCUT2D eigenvalue weighted by atomic mass is 9.85. The van der Waals surface area contributed by atoms with Crippen molar-refractivity contribution in [1.29, 1.82) is 0 Å². The maximum Gasteiger partial charge on any atom is 0.221 e. The minimum atomic E-state index is 0.539. The van der Waals surface area contributed by atoms with Crippen LogP contribution in [-0.4, -0.2) is 23.6 Å². The lowest BCUT2D eigenvalue weighted by Gasteiger charge is -2.25. The molecular weight excluding hydrogens is 262 g/mol. The predicted octanol–water partition coefficient (Wildman–Crippen LogP) is 3.69. The summed E-state index contributed by atoms with van der Waals surface area (Å²) in [6, 6.07) is 0. The summed E-state index contributed by atoms with van der Waals surface area (Å²) < 4.78 is 6.08. The van der Waals surface area contributed by atoms with Crippen LogP contribution in [0.2, 0.25) is 0 Å². The fourth-order valence-corrected chi connectivity index (χ4v) is 2.85. The Bertz CT molecular complexity index is 537. The van der Waals surface area contributed by atoms with Gasteiger partial charge in [-0.1, -0.05) is 19.1 Å². The van der Waals surface area contributed by atoms with E-state index in [0.717, 1.165) is 42.5 Å². The molecule has 0 radical (unpaired) electrons. The van der Waals surface area contributed by atoms with E-state index in [-0.39, 0.29) is 0 Å². The first-order chi connectivity index (χ1) is 10.2. The van der Waals surface area contributed by atoms with Gasteiger partial charge < -0.3 is 10.1 Å². The van der Waals surface area contributed by atoms with Gasteiger partial charge in [-0.15, -0.1) is 0 Å². The van der Waals surface area contributed by atoms with Crippen molar-refractivity contribution >= 4 is 5.82 Å². The van der Waals surface area contributed by atoms with Gasteiger partial charge in [-0.25, -0.2) is 4.98 Å². The Kier molecular flexibility index (Phi) is 4.13. The number of hydrogen-bond acceptors (Lipinski definition) is 4. The number of rotatable bonds is 5. The number of nitrogens with one attached hydrogen (secondary N) is 1. The van der Waals surface area contributed by atoms with Gasteiger partial charge in [0.05, 0.1) is 12.2 Å². The molecule has 4 nitrogen and oxygen atoms in total. The average Bonchev–Trinajstić information content (AvgIpc) is 3.32. The van der Waals surface area contributed by atoms with Gasteiger partial charge in [0.25, 0.3) is 0 Å². The zero-order valence-electron chi connectivity index (χ0n) is 13.2. The summed E-state index contributed by atoms with van der Waals surface area (Å²) in [5.41, 5.74) is 1.01. The standard InChI is InChI=1S/C17H25N3O/c1-11-6-4-5-7-14(11)10-21-17-12(2)15(18-3)19-16(20-17)13-8-9-13/h4-5,11,13-14H,6-10H2,1-3H3,(H,18,19,20). The molecule has 1 saturated carbocycles. The van der Waals surface area contributed by atoms with Gasteiger partial charge in [0.1, 0.15) is 11.6 Å². The van der Waals surface area contributed by atoms with E-state index in [0.29, 0.717) is 17.8 Å². The van der Waals surface area contributed by atoms with Crippen LogP contribution in [0.3, 0.4) is 0 Å². The van der Waals surface area contributed by atoms with Crippen LogP contribution in [-0.2, 0) is 0 Å². The second kappa shape index (κ2) is 6.04. The molecule has 3 rings (SSSR count). The molecule has 2 aliphatic carbocycles. The average molecular weight is 287 g/mol. The molecule has 0 bridgehead atoms. The van der Waals surface area contributed by atoms with Crippen LogP contribution in [0.5, 0.6) is 5.88 Å². The van der Waals surface area contributed by atoms with Gasteiger partial charge in [-0.05, 0) is 44.4 Å². The van der Waals surface area contributed by atoms with Gasteiger partial charge in [0.15, 0.2) is 0 Å². The zero-order valence-corrected chi connectivity index (χ0v) is 13.2. The van der Waals surface area contributed by atoms with Crippen LogP contribution < -0.4 is 10.1 Å². The Hall–Kier alpha value is -1.58. The fourth-order valence-electron chi connectivity index (χ4n) is 2.85. The molecule has 0 saturated heterocycles. The first-order valence-corrected chi connectivity index (χ1v) is 8.03. The molecule has 0 aliphatic heterocycles. The van der Waals surface area contributed by atoms with E-state index in [1.54, 1.807) is 0 Å². The Morgan fingerprint density at radius 1 is 1.24 bits per heavy atom. The van der Waals surface area contributed by atoms with Crippen molar-refractivity contribution in [3.8, 4) is 5.88 Å². The molecule has 21 heavy (non-hydrogen) atoms. The molecule has 0 amide bonds. The first-order valence-electron chi connectivity index (χ1n) is 8.03. The van der Waals surface area contributed by atoms with Crippen LogP contribution >= 0.6 is 0 Å². The van der Waals surface area contributed by atoms with E-state index in [4.69, 9.17) is 4.74 Å². The molecule has 1 fully saturated rings. The van der Waals surface area contributed by atoms with E-state index < -0.39 is 0 Å². The minimum Gasteiger partial charge on any atom is -0.477 e. The van der Waals surface area contributed by atoms with Crippen LogP contribution in [0, 0.1) is 18.8 Å². The Balaban J connectivity index is 1.74. The van der Waals surface area contributed by atoms with Crippen molar-refractivity contribution in [3.05, 3.63) is 23.5 Å². The molecule has 114 valence electrons. The summed E-state index contributed by atoms with van der Waals surface area (Å²) in [4.78, 5) is 9.27. The smallest absolute Gasteiger partial charge is 0.221 e. The largest absolute Gasteiger partial charge is 0.477 e. The molecule has 1 N–H and O–H groups in total. The molecular formula is C17H25N3O. The van der Waals surface area contributed by atoms with E-state index in [2.05, 4.69) is 34.4 Å². The lowest BCUT2D eigenvalue weighted by Crippen LogP contribution is -2.22. The summed E-state index contributed by atoms with van der Waals surface area (Å²) in [5.74, 6) is 4.42. The molecule has 4 heteroatoms. The van der Waals surface area contributed by atoms with Gasteiger partial charge in [0.2, 0.25) is 5.88 Å². The number of hydrogen-bond donors (Lipinski definition) is 1. The Morgan fingerprint density at radius 3 is 2.67 bits per heavy atom. The molecule has 1 heterocycles. The summed E-state index contributed by atoms with van der Waals surface area (Å²) in [6.45, 7) is 5.08. The Morgan fingerprint density at radius 2 is 2.00 bits per heavy atom. The predicted molar refractivity (Wildman–Crippen MR) is 84.8 cm³/mol. The molecule has 1 aromatic heterocycles. The van der Waals surface area contributed by atoms with Crippen molar-refractivity contribution in [3.63, 3.8) is 0 Å².